The highest BCUT2D eigenvalue weighted by Gasteiger charge is 2.19. The van der Waals surface area contributed by atoms with E-state index in [9.17, 15) is 0 Å². The van der Waals surface area contributed by atoms with E-state index in [0.717, 1.165) is 46.7 Å². The summed E-state index contributed by atoms with van der Waals surface area (Å²) in [5.74, 6) is 1.89. The average Bonchev–Trinajstić information content (AvgIpc) is 2.96. The molecule has 2 N–H and O–H groups in total. The Hall–Kier alpha value is -1.21. The molecule has 2 aromatic rings. The molecule has 0 saturated carbocycles. The molecule has 5 heteroatoms. The van der Waals surface area contributed by atoms with Gasteiger partial charge in [0.2, 0.25) is 0 Å². The Kier molecular flexibility index (Phi) is 4.16. The lowest BCUT2D eigenvalue weighted by Crippen LogP contribution is -2.10. The largest absolute Gasteiger partial charge is 0.383 e. The van der Waals surface area contributed by atoms with E-state index in [1.807, 2.05) is 30.3 Å². The van der Waals surface area contributed by atoms with Crippen LogP contribution in [0.3, 0.4) is 0 Å². The molecule has 4 nitrogen and oxygen atoms in total. The van der Waals surface area contributed by atoms with Crippen molar-refractivity contribution in [2.45, 2.75) is 12.8 Å². The van der Waals surface area contributed by atoms with Crippen molar-refractivity contribution in [3.05, 3.63) is 39.7 Å². The van der Waals surface area contributed by atoms with Crippen molar-refractivity contribution in [1.82, 2.24) is 9.97 Å². The van der Waals surface area contributed by atoms with Gasteiger partial charge in [0, 0.05) is 25.2 Å². The van der Waals surface area contributed by atoms with Crippen LogP contribution in [0, 0.1) is 9.49 Å². The molecule has 0 aliphatic carbocycles. The van der Waals surface area contributed by atoms with Crippen LogP contribution in [0.1, 0.15) is 12.2 Å². The molecule has 1 saturated heterocycles. The fourth-order valence-corrected chi connectivity index (χ4v) is 2.95. The highest BCUT2D eigenvalue weighted by molar-refractivity contribution is 14.1. The number of halogens is 1. The molecule has 1 aromatic heterocycles. The van der Waals surface area contributed by atoms with E-state index in [2.05, 4.69) is 27.6 Å². The van der Waals surface area contributed by atoms with Gasteiger partial charge in [-0.2, -0.15) is 0 Å². The van der Waals surface area contributed by atoms with Crippen molar-refractivity contribution < 1.29 is 4.74 Å². The molecule has 0 amide bonds. The van der Waals surface area contributed by atoms with Crippen molar-refractivity contribution in [3.8, 4) is 11.3 Å². The molecule has 104 valence electrons. The molecule has 1 atom stereocenters. The number of nitrogens with zero attached hydrogens (tertiary/aromatic N) is 2. The summed E-state index contributed by atoms with van der Waals surface area (Å²) in [6, 6.07) is 10.1. The topological polar surface area (TPSA) is 61.0 Å². The highest BCUT2D eigenvalue weighted by Crippen LogP contribution is 2.27. The van der Waals surface area contributed by atoms with Gasteiger partial charge < -0.3 is 10.5 Å². The number of aromatic nitrogens is 2. The van der Waals surface area contributed by atoms with Gasteiger partial charge in [0.05, 0.1) is 9.26 Å². The third kappa shape index (κ3) is 2.93. The highest BCUT2D eigenvalue weighted by atomic mass is 127. The standard InChI is InChI=1S/C15H16IN3O/c16-13-14(11-4-2-1-3-5-11)18-12(19-15(13)17)8-10-6-7-20-9-10/h1-5,10H,6-9H2,(H2,17,18,19). The van der Waals surface area contributed by atoms with Crippen molar-refractivity contribution in [3.63, 3.8) is 0 Å². The van der Waals surface area contributed by atoms with Crippen LogP contribution >= 0.6 is 22.6 Å². The molecule has 1 aliphatic heterocycles. The average molecular weight is 381 g/mol. The summed E-state index contributed by atoms with van der Waals surface area (Å²) in [6.07, 6.45) is 1.91. The van der Waals surface area contributed by atoms with E-state index in [1.54, 1.807) is 0 Å². The molecule has 1 aromatic carbocycles. The molecule has 0 bridgehead atoms. The molecule has 3 rings (SSSR count). The summed E-state index contributed by atoms with van der Waals surface area (Å²) < 4.78 is 6.33. The van der Waals surface area contributed by atoms with Crippen LogP contribution in [0.25, 0.3) is 11.3 Å². The fraction of sp³-hybridized carbons (Fsp3) is 0.333. The molecular formula is C15H16IN3O. The monoisotopic (exact) mass is 381 g/mol. The summed E-state index contributed by atoms with van der Waals surface area (Å²) in [6.45, 7) is 1.64. The second-order valence-electron chi connectivity index (χ2n) is 4.99. The summed E-state index contributed by atoms with van der Waals surface area (Å²) in [4.78, 5) is 9.14. The van der Waals surface area contributed by atoms with Gasteiger partial charge in [0.1, 0.15) is 11.6 Å². The minimum Gasteiger partial charge on any atom is -0.383 e. The minimum absolute atomic E-state index is 0.512. The van der Waals surface area contributed by atoms with E-state index in [-0.39, 0.29) is 0 Å². The maximum atomic E-state index is 6.04. The Morgan fingerprint density at radius 1 is 1.25 bits per heavy atom. The molecular weight excluding hydrogens is 365 g/mol. The van der Waals surface area contributed by atoms with Gasteiger partial charge in [-0.3, -0.25) is 0 Å². The fourth-order valence-electron chi connectivity index (χ4n) is 2.39. The van der Waals surface area contributed by atoms with Crippen LogP contribution < -0.4 is 5.73 Å². The zero-order chi connectivity index (χ0) is 13.9. The van der Waals surface area contributed by atoms with Gasteiger partial charge in [0.25, 0.3) is 0 Å². The molecule has 1 aliphatic rings. The van der Waals surface area contributed by atoms with Gasteiger partial charge in [-0.25, -0.2) is 9.97 Å². The molecule has 0 spiro atoms. The van der Waals surface area contributed by atoms with Crippen LogP contribution in [0.4, 0.5) is 5.82 Å². The molecule has 0 radical (unpaired) electrons. The number of anilines is 1. The van der Waals surface area contributed by atoms with Crippen molar-refractivity contribution in [2.24, 2.45) is 5.92 Å². The summed E-state index contributed by atoms with van der Waals surface area (Å²) >= 11 is 2.22. The lowest BCUT2D eigenvalue weighted by molar-refractivity contribution is 0.185. The number of nitrogens with two attached hydrogens (primary N) is 1. The molecule has 2 heterocycles. The number of hydrogen-bond donors (Lipinski definition) is 1. The zero-order valence-electron chi connectivity index (χ0n) is 11.1. The van der Waals surface area contributed by atoms with Crippen LogP contribution in [-0.4, -0.2) is 23.2 Å². The molecule has 1 unspecified atom stereocenters. The number of ether oxygens (including phenoxy) is 1. The Balaban J connectivity index is 1.95. The Morgan fingerprint density at radius 3 is 2.75 bits per heavy atom. The van der Waals surface area contributed by atoms with E-state index in [4.69, 9.17) is 15.5 Å². The first-order valence-corrected chi connectivity index (χ1v) is 7.77. The van der Waals surface area contributed by atoms with Crippen LogP contribution in [0.5, 0.6) is 0 Å². The van der Waals surface area contributed by atoms with Crippen LogP contribution in [0.2, 0.25) is 0 Å². The lowest BCUT2D eigenvalue weighted by atomic mass is 10.0. The van der Waals surface area contributed by atoms with Crippen molar-refractivity contribution >= 4 is 28.4 Å². The smallest absolute Gasteiger partial charge is 0.141 e. The lowest BCUT2D eigenvalue weighted by Gasteiger charge is -2.11. The number of rotatable bonds is 3. The van der Waals surface area contributed by atoms with Crippen molar-refractivity contribution in [2.75, 3.05) is 18.9 Å². The first-order chi connectivity index (χ1) is 9.74. The SMILES string of the molecule is Nc1nc(CC2CCOC2)nc(-c2ccccc2)c1I. The Morgan fingerprint density at radius 2 is 2.05 bits per heavy atom. The number of benzene rings is 1. The van der Waals surface area contributed by atoms with E-state index < -0.39 is 0 Å². The van der Waals surface area contributed by atoms with Gasteiger partial charge in [-0.15, -0.1) is 0 Å². The van der Waals surface area contributed by atoms with Gasteiger partial charge >= 0.3 is 0 Å². The second-order valence-corrected chi connectivity index (χ2v) is 6.07. The predicted molar refractivity (Wildman–Crippen MR) is 87.2 cm³/mol. The summed E-state index contributed by atoms with van der Waals surface area (Å²) in [5, 5.41) is 0. The maximum Gasteiger partial charge on any atom is 0.141 e. The van der Waals surface area contributed by atoms with Crippen LogP contribution in [-0.2, 0) is 11.2 Å². The normalized spacial score (nSPS) is 18.4. The maximum absolute atomic E-state index is 6.04. The van der Waals surface area contributed by atoms with E-state index >= 15 is 0 Å². The Bertz CT molecular complexity index is 598. The van der Waals surface area contributed by atoms with Gasteiger partial charge in [-0.05, 0) is 34.9 Å². The Labute approximate surface area is 131 Å². The van der Waals surface area contributed by atoms with E-state index in [1.165, 1.54) is 0 Å². The second kappa shape index (κ2) is 6.05. The summed E-state index contributed by atoms with van der Waals surface area (Å²) in [7, 11) is 0. The minimum atomic E-state index is 0.512. The van der Waals surface area contributed by atoms with Crippen molar-refractivity contribution in [1.29, 1.82) is 0 Å². The number of nitrogen functional groups attached to an aromatic ring is 1. The van der Waals surface area contributed by atoms with Crippen LogP contribution in [0.15, 0.2) is 30.3 Å². The quantitative estimate of drug-likeness (QED) is 0.831. The van der Waals surface area contributed by atoms with E-state index in [0.29, 0.717) is 11.7 Å². The molecule has 20 heavy (non-hydrogen) atoms. The first-order valence-electron chi connectivity index (χ1n) is 6.69. The zero-order valence-corrected chi connectivity index (χ0v) is 13.2. The summed E-state index contributed by atoms with van der Waals surface area (Å²) in [5.41, 5.74) is 8.05. The predicted octanol–water partition coefficient (Wildman–Crippen LogP) is 2.91. The number of hydrogen-bond acceptors (Lipinski definition) is 4. The van der Waals surface area contributed by atoms with Gasteiger partial charge in [-0.1, -0.05) is 30.3 Å². The third-order valence-electron chi connectivity index (χ3n) is 3.47. The first kappa shape index (κ1) is 13.8. The molecule has 1 fully saturated rings. The third-order valence-corrected chi connectivity index (χ3v) is 4.53. The van der Waals surface area contributed by atoms with Gasteiger partial charge in [0.15, 0.2) is 0 Å².